The Labute approximate surface area is 108 Å². The smallest absolute Gasteiger partial charge is 0.247 e. The molecule has 0 spiro atoms. The zero-order valence-electron chi connectivity index (χ0n) is 11.3. The number of nitrogens with one attached hydrogen (secondary N) is 1. The van der Waals surface area contributed by atoms with Gasteiger partial charge in [0, 0.05) is 6.54 Å². The molecule has 0 aromatic heterocycles. The van der Waals surface area contributed by atoms with E-state index in [1.165, 1.54) is 23.2 Å². The Kier molecular flexibility index (Phi) is 2.58. The summed E-state index contributed by atoms with van der Waals surface area (Å²) in [5, 5.41) is 3.07. The average molecular weight is 244 g/mol. The van der Waals surface area contributed by atoms with Crippen molar-refractivity contribution in [1.82, 2.24) is 0 Å². The Morgan fingerprint density at radius 3 is 2.78 bits per heavy atom. The maximum absolute atomic E-state index is 12.2. The van der Waals surface area contributed by atoms with Crippen molar-refractivity contribution in [3.05, 3.63) is 23.3 Å². The summed E-state index contributed by atoms with van der Waals surface area (Å²) in [6.07, 6.45) is 2.15. The lowest BCUT2D eigenvalue weighted by molar-refractivity contribution is -0.118. The number of aryl methyl sites for hydroxylation is 2. The molecule has 1 aromatic carbocycles. The summed E-state index contributed by atoms with van der Waals surface area (Å²) in [6, 6.07) is 4.34. The fourth-order valence-corrected chi connectivity index (χ4v) is 3.03. The number of carbonyl (C=O) groups excluding carboxylic acids is 1. The van der Waals surface area contributed by atoms with Gasteiger partial charge < -0.3 is 10.2 Å². The number of rotatable bonds is 0. The van der Waals surface area contributed by atoms with Gasteiger partial charge in [0.2, 0.25) is 5.91 Å². The van der Waals surface area contributed by atoms with Crippen LogP contribution >= 0.6 is 0 Å². The first-order chi connectivity index (χ1) is 8.56. The highest BCUT2D eigenvalue weighted by molar-refractivity contribution is 6.04. The summed E-state index contributed by atoms with van der Waals surface area (Å²) >= 11 is 0. The van der Waals surface area contributed by atoms with Crippen LogP contribution in [0.15, 0.2) is 12.1 Å². The van der Waals surface area contributed by atoms with E-state index in [4.69, 9.17) is 0 Å². The van der Waals surface area contributed by atoms with Crippen LogP contribution in [-0.4, -0.2) is 18.5 Å². The first-order valence-electron chi connectivity index (χ1n) is 6.75. The van der Waals surface area contributed by atoms with Gasteiger partial charge in [-0.05, 0) is 55.9 Å². The summed E-state index contributed by atoms with van der Waals surface area (Å²) in [7, 11) is 0. The van der Waals surface area contributed by atoms with E-state index >= 15 is 0 Å². The van der Waals surface area contributed by atoms with Crippen LogP contribution in [0.5, 0.6) is 0 Å². The predicted molar refractivity (Wildman–Crippen MR) is 74.1 cm³/mol. The molecular weight excluding hydrogens is 224 g/mol. The van der Waals surface area contributed by atoms with Gasteiger partial charge in [-0.25, -0.2) is 0 Å². The zero-order chi connectivity index (χ0) is 12.9. The molecule has 2 atom stereocenters. The normalized spacial score (nSPS) is 26.4. The highest BCUT2D eigenvalue weighted by atomic mass is 16.2. The van der Waals surface area contributed by atoms with Gasteiger partial charge in [-0.3, -0.25) is 4.79 Å². The van der Waals surface area contributed by atoms with Crippen LogP contribution in [0.2, 0.25) is 0 Å². The number of piperidine rings is 1. The molecule has 18 heavy (non-hydrogen) atoms. The predicted octanol–water partition coefficient (Wildman–Crippen LogP) is 2.86. The molecule has 96 valence electrons. The molecule has 3 heteroatoms. The second kappa shape index (κ2) is 4.01. The molecule has 3 nitrogen and oxygen atoms in total. The molecule has 0 saturated carbocycles. The van der Waals surface area contributed by atoms with Crippen molar-refractivity contribution in [2.45, 2.75) is 39.7 Å². The number of hydrogen-bond donors (Lipinski definition) is 1. The molecule has 0 radical (unpaired) electrons. The Morgan fingerprint density at radius 1 is 1.28 bits per heavy atom. The highest BCUT2D eigenvalue weighted by Crippen LogP contribution is 2.38. The molecule has 2 aliphatic rings. The van der Waals surface area contributed by atoms with E-state index in [0.29, 0.717) is 5.92 Å². The van der Waals surface area contributed by atoms with Crippen molar-refractivity contribution in [1.29, 1.82) is 0 Å². The first-order valence-corrected chi connectivity index (χ1v) is 6.75. The highest BCUT2D eigenvalue weighted by Gasteiger charge is 2.36. The summed E-state index contributed by atoms with van der Waals surface area (Å²) in [5.74, 6) is 0.808. The number of amides is 1. The lowest BCUT2D eigenvalue weighted by Crippen LogP contribution is -2.52. The zero-order valence-corrected chi connectivity index (χ0v) is 11.3. The lowest BCUT2D eigenvalue weighted by Gasteiger charge is -2.43. The molecule has 2 aliphatic heterocycles. The van der Waals surface area contributed by atoms with E-state index in [0.717, 1.165) is 18.7 Å². The monoisotopic (exact) mass is 244 g/mol. The van der Waals surface area contributed by atoms with Gasteiger partial charge in [0.15, 0.2) is 0 Å². The molecule has 3 rings (SSSR count). The molecule has 1 aromatic rings. The van der Waals surface area contributed by atoms with Gasteiger partial charge in [-0.2, -0.15) is 0 Å². The van der Waals surface area contributed by atoms with Crippen LogP contribution in [0.4, 0.5) is 11.4 Å². The molecule has 1 fully saturated rings. The van der Waals surface area contributed by atoms with Gasteiger partial charge in [0.1, 0.15) is 6.04 Å². The minimum absolute atomic E-state index is 0.0309. The summed E-state index contributed by atoms with van der Waals surface area (Å²) in [4.78, 5) is 14.5. The number of fused-ring (bicyclic) bond motifs is 3. The van der Waals surface area contributed by atoms with Crippen LogP contribution in [0, 0.1) is 19.8 Å². The first kappa shape index (κ1) is 11.6. The molecule has 1 saturated heterocycles. The van der Waals surface area contributed by atoms with Crippen LogP contribution in [0.25, 0.3) is 0 Å². The summed E-state index contributed by atoms with van der Waals surface area (Å²) in [5.41, 5.74) is 4.71. The van der Waals surface area contributed by atoms with Crippen molar-refractivity contribution < 1.29 is 4.79 Å². The van der Waals surface area contributed by atoms with Gasteiger partial charge in [0.05, 0.1) is 11.4 Å². The van der Waals surface area contributed by atoms with Crippen LogP contribution in [0.3, 0.4) is 0 Å². The molecule has 1 N–H and O–H groups in total. The van der Waals surface area contributed by atoms with Gasteiger partial charge in [-0.1, -0.05) is 6.92 Å². The van der Waals surface area contributed by atoms with Gasteiger partial charge in [-0.15, -0.1) is 0 Å². The second-order valence-electron chi connectivity index (χ2n) is 5.78. The quantitative estimate of drug-likeness (QED) is 0.761. The fraction of sp³-hybridized carbons (Fsp3) is 0.533. The van der Waals surface area contributed by atoms with E-state index in [2.05, 4.69) is 43.1 Å². The molecule has 1 amide bonds. The molecule has 2 unspecified atom stereocenters. The molecule has 2 heterocycles. The van der Waals surface area contributed by atoms with Crippen LogP contribution < -0.4 is 10.2 Å². The second-order valence-corrected chi connectivity index (χ2v) is 5.78. The van der Waals surface area contributed by atoms with Gasteiger partial charge >= 0.3 is 0 Å². The van der Waals surface area contributed by atoms with E-state index in [-0.39, 0.29) is 11.9 Å². The standard InChI is InChI=1S/C15H20N2O/c1-9-4-5-17-13-8-11(3)10(2)7-12(13)16-15(18)14(17)6-9/h7-9,14H,4-6H2,1-3H3,(H,16,18). The van der Waals surface area contributed by atoms with Crippen molar-refractivity contribution in [2.75, 3.05) is 16.8 Å². The number of anilines is 2. The van der Waals surface area contributed by atoms with Crippen molar-refractivity contribution in [3.8, 4) is 0 Å². The van der Waals surface area contributed by atoms with Crippen molar-refractivity contribution >= 4 is 17.3 Å². The Morgan fingerprint density at radius 2 is 2.00 bits per heavy atom. The third-order valence-corrected chi connectivity index (χ3v) is 4.35. The third-order valence-electron chi connectivity index (χ3n) is 4.35. The van der Waals surface area contributed by atoms with Crippen LogP contribution in [0.1, 0.15) is 30.9 Å². The van der Waals surface area contributed by atoms with E-state index in [1.807, 2.05) is 0 Å². The Bertz CT molecular complexity index is 509. The minimum Gasteiger partial charge on any atom is -0.358 e. The Balaban J connectivity index is 2.05. The third kappa shape index (κ3) is 1.69. The van der Waals surface area contributed by atoms with Crippen molar-refractivity contribution in [3.63, 3.8) is 0 Å². The maximum Gasteiger partial charge on any atom is 0.247 e. The molecular formula is C15H20N2O. The summed E-state index contributed by atoms with van der Waals surface area (Å²) in [6.45, 7) is 7.45. The number of nitrogens with zero attached hydrogens (tertiary/aromatic N) is 1. The van der Waals surface area contributed by atoms with Crippen LogP contribution in [-0.2, 0) is 4.79 Å². The number of hydrogen-bond acceptors (Lipinski definition) is 2. The Hall–Kier alpha value is -1.51. The van der Waals surface area contributed by atoms with E-state index < -0.39 is 0 Å². The van der Waals surface area contributed by atoms with Gasteiger partial charge in [0.25, 0.3) is 0 Å². The SMILES string of the molecule is Cc1cc2c(cc1C)N1CCC(C)CC1C(=O)N2. The number of benzene rings is 1. The van der Waals surface area contributed by atoms with Crippen molar-refractivity contribution in [2.24, 2.45) is 5.92 Å². The molecule has 0 bridgehead atoms. The number of carbonyl (C=O) groups is 1. The fourth-order valence-electron chi connectivity index (χ4n) is 3.03. The lowest BCUT2D eigenvalue weighted by atomic mass is 9.89. The summed E-state index contributed by atoms with van der Waals surface area (Å²) < 4.78 is 0. The van der Waals surface area contributed by atoms with E-state index in [1.54, 1.807) is 0 Å². The molecule has 0 aliphatic carbocycles. The van der Waals surface area contributed by atoms with E-state index in [9.17, 15) is 4.79 Å². The average Bonchev–Trinajstić information content (AvgIpc) is 2.32. The maximum atomic E-state index is 12.2. The largest absolute Gasteiger partial charge is 0.358 e. The minimum atomic E-state index is 0.0309. The topological polar surface area (TPSA) is 32.3 Å².